The van der Waals surface area contributed by atoms with Crippen LogP contribution in [0.1, 0.15) is 18.4 Å². The fourth-order valence-corrected chi connectivity index (χ4v) is 1.31. The van der Waals surface area contributed by atoms with Crippen LogP contribution in [0.15, 0.2) is 18.5 Å². The zero-order chi connectivity index (χ0) is 12.0. The van der Waals surface area contributed by atoms with Gasteiger partial charge < -0.3 is 4.74 Å². The Bertz CT molecular complexity index is 330. The predicted molar refractivity (Wildman–Crippen MR) is 54.6 cm³/mol. The third-order valence-electron chi connectivity index (χ3n) is 1.86. The normalized spacial score (nSPS) is 11.5. The first-order valence-corrected chi connectivity index (χ1v) is 5.25. The zero-order valence-corrected chi connectivity index (χ0v) is 9.18. The predicted octanol–water partition coefficient (Wildman–Crippen LogP) is 3.54. The van der Waals surface area contributed by atoms with Crippen molar-refractivity contribution < 1.29 is 17.9 Å². The summed E-state index contributed by atoms with van der Waals surface area (Å²) < 4.78 is 40.7. The molecule has 0 aliphatic heterocycles. The number of aromatic nitrogens is 1. The number of hydrogen-bond acceptors (Lipinski definition) is 2. The molecule has 0 spiro atoms. The Balaban J connectivity index is 2.37. The minimum atomic E-state index is -4.13. The molecule has 0 fully saturated rings. The lowest BCUT2D eigenvalue weighted by Gasteiger charge is -2.10. The number of halogens is 4. The van der Waals surface area contributed by atoms with Crippen molar-refractivity contribution in [3.8, 4) is 5.75 Å². The largest absolute Gasteiger partial charge is 0.493 e. The van der Waals surface area contributed by atoms with Crippen molar-refractivity contribution >= 4 is 11.6 Å². The number of pyridine rings is 1. The standard InChI is InChI=1S/C10H11ClF3NO/c11-6-8-7-15-4-2-9(8)16-5-1-3-10(12,13)14/h2,4,7H,1,3,5-6H2. The molecule has 90 valence electrons. The highest BCUT2D eigenvalue weighted by molar-refractivity contribution is 6.17. The SMILES string of the molecule is FC(F)(F)CCCOc1ccncc1CCl. The minimum absolute atomic E-state index is 0.0212. The van der Waals surface area contributed by atoms with E-state index in [0.717, 1.165) is 0 Å². The minimum Gasteiger partial charge on any atom is -0.493 e. The lowest BCUT2D eigenvalue weighted by atomic mass is 10.3. The topological polar surface area (TPSA) is 22.1 Å². The summed E-state index contributed by atoms with van der Waals surface area (Å²) in [6, 6.07) is 1.59. The molecule has 6 heteroatoms. The molecule has 0 bridgehead atoms. The van der Waals surface area contributed by atoms with E-state index in [9.17, 15) is 13.2 Å². The van der Waals surface area contributed by atoms with Gasteiger partial charge in [-0.15, -0.1) is 11.6 Å². The summed E-state index contributed by atoms with van der Waals surface area (Å²) in [6.45, 7) is 0.0212. The molecular weight excluding hydrogens is 243 g/mol. The monoisotopic (exact) mass is 253 g/mol. The van der Waals surface area contributed by atoms with Crippen LogP contribution in [0.2, 0.25) is 0 Å². The van der Waals surface area contributed by atoms with Gasteiger partial charge in [0.05, 0.1) is 12.5 Å². The lowest BCUT2D eigenvalue weighted by Crippen LogP contribution is -2.10. The van der Waals surface area contributed by atoms with E-state index in [1.807, 2.05) is 0 Å². The van der Waals surface area contributed by atoms with Crippen LogP contribution in [0.3, 0.4) is 0 Å². The molecule has 0 atom stereocenters. The average molecular weight is 254 g/mol. The first kappa shape index (κ1) is 13.1. The summed E-state index contributed by atoms with van der Waals surface area (Å²) in [5, 5.41) is 0. The van der Waals surface area contributed by atoms with Gasteiger partial charge in [0.1, 0.15) is 5.75 Å². The molecule has 0 aromatic carbocycles. The molecule has 0 unspecified atom stereocenters. The second kappa shape index (κ2) is 5.94. The third-order valence-corrected chi connectivity index (χ3v) is 2.15. The Morgan fingerprint density at radius 1 is 1.38 bits per heavy atom. The van der Waals surface area contributed by atoms with Crippen molar-refractivity contribution in [1.29, 1.82) is 0 Å². The molecular formula is C10H11ClF3NO. The van der Waals surface area contributed by atoms with Crippen molar-refractivity contribution in [3.63, 3.8) is 0 Å². The third kappa shape index (κ3) is 4.70. The second-order valence-electron chi connectivity index (χ2n) is 3.18. The summed E-state index contributed by atoms with van der Waals surface area (Å²) in [5.74, 6) is 0.717. The summed E-state index contributed by atoms with van der Waals surface area (Å²) in [7, 11) is 0. The Kier molecular flexibility index (Phi) is 4.86. The Labute approximate surface area is 96.4 Å². The van der Waals surface area contributed by atoms with Gasteiger partial charge in [-0.05, 0) is 12.5 Å². The molecule has 0 amide bonds. The van der Waals surface area contributed by atoms with Gasteiger partial charge >= 0.3 is 6.18 Å². The molecule has 1 aromatic heterocycles. The first-order chi connectivity index (χ1) is 7.53. The molecule has 1 heterocycles. The number of alkyl halides is 4. The molecule has 16 heavy (non-hydrogen) atoms. The maximum atomic E-state index is 11.8. The van der Waals surface area contributed by atoms with Gasteiger partial charge in [-0.1, -0.05) is 0 Å². The molecule has 0 radical (unpaired) electrons. The summed E-state index contributed by atoms with van der Waals surface area (Å²) in [4.78, 5) is 3.84. The summed E-state index contributed by atoms with van der Waals surface area (Å²) >= 11 is 5.62. The van der Waals surface area contributed by atoms with Gasteiger partial charge in [-0.25, -0.2) is 0 Å². The summed E-state index contributed by atoms with van der Waals surface area (Å²) in [5.41, 5.74) is 0.677. The average Bonchev–Trinajstić information content (AvgIpc) is 2.23. The van der Waals surface area contributed by atoms with Crippen LogP contribution in [0.25, 0.3) is 0 Å². The Hall–Kier alpha value is -0.970. The molecule has 0 aliphatic rings. The van der Waals surface area contributed by atoms with Crippen LogP contribution < -0.4 is 4.74 Å². The van der Waals surface area contributed by atoms with Crippen molar-refractivity contribution in [2.24, 2.45) is 0 Å². The van der Waals surface area contributed by atoms with Crippen LogP contribution >= 0.6 is 11.6 Å². The molecule has 1 rings (SSSR count). The van der Waals surface area contributed by atoms with E-state index < -0.39 is 12.6 Å². The van der Waals surface area contributed by atoms with Gasteiger partial charge in [-0.3, -0.25) is 4.98 Å². The van der Waals surface area contributed by atoms with Gasteiger partial charge in [0.25, 0.3) is 0 Å². The zero-order valence-electron chi connectivity index (χ0n) is 8.43. The molecule has 0 saturated heterocycles. The Morgan fingerprint density at radius 2 is 2.12 bits per heavy atom. The van der Waals surface area contributed by atoms with E-state index >= 15 is 0 Å². The molecule has 0 saturated carbocycles. The van der Waals surface area contributed by atoms with E-state index in [1.54, 1.807) is 6.07 Å². The fraction of sp³-hybridized carbons (Fsp3) is 0.500. The maximum absolute atomic E-state index is 11.8. The van der Waals surface area contributed by atoms with E-state index in [4.69, 9.17) is 16.3 Å². The van der Waals surface area contributed by atoms with Gasteiger partial charge in [0.2, 0.25) is 0 Å². The van der Waals surface area contributed by atoms with Crippen molar-refractivity contribution in [2.45, 2.75) is 24.9 Å². The van der Waals surface area contributed by atoms with Crippen molar-refractivity contribution in [1.82, 2.24) is 4.98 Å². The van der Waals surface area contributed by atoms with Crippen molar-refractivity contribution in [2.75, 3.05) is 6.61 Å². The van der Waals surface area contributed by atoms with E-state index in [-0.39, 0.29) is 18.9 Å². The maximum Gasteiger partial charge on any atom is 0.389 e. The number of nitrogens with zero attached hydrogens (tertiary/aromatic N) is 1. The van der Waals surface area contributed by atoms with Gasteiger partial charge in [0.15, 0.2) is 0 Å². The Morgan fingerprint density at radius 3 is 2.75 bits per heavy atom. The number of hydrogen-bond donors (Lipinski definition) is 0. The highest BCUT2D eigenvalue weighted by Gasteiger charge is 2.26. The first-order valence-electron chi connectivity index (χ1n) is 4.71. The second-order valence-corrected chi connectivity index (χ2v) is 3.45. The quantitative estimate of drug-likeness (QED) is 0.591. The smallest absolute Gasteiger partial charge is 0.389 e. The molecule has 2 nitrogen and oxygen atoms in total. The van der Waals surface area contributed by atoms with Gasteiger partial charge in [-0.2, -0.15) is 13.2 Å². The summed E-state index contributed by atoms with van der Waals surface area (Å²) in [6.07, 6.45) is -1.99. The molecule has 1 aromatic rings. The highest BCUT2D eigenvalue weighted by atomic mass is 35.5. The number of ether oxygens (including phenoxy) is 1. The lowest BCUT2D eigenvalue weighted by molar-refractivity contribution is -0.136. The van der Waals surface area contributed by atoms with E-state index in [2.05, 4.69) is 4.98 Å². The molecule has 0 N–H and O–H groups in total. The van der Waals surface area contributed by atoms with Crippen LogP contribution in [0, 0.1) is 0 Å². The van der Waals surface area contributed by atoms with Crippen LogP contribution in [0.5, 0.6) is 5.75 Å². The molecule has 0 aliphatic carbocycles. The van der Waals surface area contributed by atoms with Crippen LogP contribution in [-0.2, 0) is 5.88 Å². The highest BCUT2D eigenvalue weighted by Crippen LogP contribution is 2.22. The number of rotatable bonds is 5. The van der Waals surface area contributed by atoms with Crippen LogP contribution in [-0.4, -0.2) is 17.8 Å². The van der Waals surface area contributed by atoms with Crippen molar-refractivity contribution in [3.05, 3.63) is 24.0 Å². The van der Waals surface area contributed by atoms with Gasteiger partial charge in [0, 0.05) is 24.4 Å². The van der Waals surface area contributed by atoms with E-state index in [1.165, 1.54) is 12.4 Å². The van der Waals surface area contributed by atoms with E-state index in [0.29, 0.717) is 11.3 Å². The fourth-order valence-electron chi connectivity index (χ4n) is 1.11. The van der Waals surface area contributed by atoms with Crippen LogP contribution in [0.4, 0.5) is 13.2 Å².